The van der Waals surface area contributed by atoms with Gasteiger partial charge in [-0.15, -0.1) is 0 Å². The molecule has 1 unspecified atom stereocenters. The largest absolute Gasteiger partial charge is 0.491 e. The first-order chi connectivity index (χ1) is 14.5. The van der Waals surface area contributed by atoms with Gasteiger partial charge >= 0.3 is 0 Å². The van der Waals surface area contributed by atoms with Crippen molar-refractivity contribution in [3.8, 4) is 5.75 Å². The number of morpholine rings is 1. The van der Waals surface area contributed by atoms with E-state index < -0.39 is 0 Å². The number of hydrogen-bond acceptors (Lipinski definition) is 7. The van der Waals surface area contributed by atoms with Crippen molar-refractivity contribution in [2.24, 2.45) is 0 Å². The maximum Gasteiger partial charge on any atom is 0.248 e. The van der Waals surface area contributed by atoms with Crippen molar-refractivity contribution in [2.45, 2.75) is 31.9 Å². The molecule has 0 radical (unpaired) electrons. The van der Waals surface area contributed by atoms with Gasteiger partial charge in [0.05, 0.1) is 6.54 Å². The summed E-state index contributed by atoms with van der Waals surface area (Å²) in [6, 6.07) is 6.03. The lowest BCUT2D eigenvalue weighted by Crippen LogP contribution is -2.55. The third kappa shape index (κ3) is 4.62. The Kier molecular flexibility index (Phi) is 5.98. The van der Waals surface area contributed by atoms with Gasteiger partial charge in [0, 0.05) is 30.9 Å². The number of nitrogens with two attached hydrogens (primary N) is 1. The summed E-state index contributed by atoms with van der Waals surface area (Å²) in [7, 11) is 0. The average Bonchev–Trinajstić information content (AvgIpc) is 2.76. The Morgan fingerprint density at radius 2 is 2.00 bits per heavy atom. The highest BCUT2D eigenvalue weighted by molar-refractivity contribution is 5.78. The molecule has 3 heterocycles. The van der Waals surface area contributed by atoms with Crippen molar-refractivity contribution >= 4 is 17.7 Å². The molecule has 8 nitrogen and oxygen atoms in total. The fourth-order valence-electron chi connectivity index (χ4n) is 3.98. The van der Waals surface area contributed by atoms with Crippen LogP contribution in [0.5, 0.6) is 5.75 Å². The highest BCUT2D eigenvalue weighted by Crippen LogP contribution is 2.25. The van der Waals surface area contributed by atoms with E-state index in [0.29, 0.717) is 18.9 Å². The number of aromatic nitrogens is 2. The summed E-state index contributed by atoms with van der Waals surface area (Å²) in [4.78, 5) is 25.0. The molecule has 0 aliphatic carbocycles. The number of aryl methyl sites for hydroxylation is 1. The molecule has 0 bridgehead atoms. The Labute approximate surface area is 174 Å². The first kappa shape index (κ1) is 20.3. The molecule has 0 spiro atoms. The third-order valence-corrected chi connectivity index (χ3v) is 5.58. The molecule has 0 saturated carbocycles. The predicted molar refractivity (Wildman–Crippen MR) is 110 cm³/mol. The van der Waals surface area contributed by atoms with Gasteiger partial charge in [0.15, 0.2) is 0 Å². The van der Waals surface area contributed by atoms with E-state index in [1.165, 1.54) is 12.1 Å². The summed E-state index contributed by atoms with van der Waals surface area (Å²) >= 11 is 0. The number of hydrogen-bond donors (Lipinski definition) is 1. The fraction of sp³-hybridized carbons (Fsp3) is 0.476. The van der Waals surface area contributed by atoms with Crippen molar-refractivity contribution < 1.29 is 18.7 Å². The number of ether oxygens (including phenoxy) is 2. The van der Waals surface area contributed by atoms with Crippen molar-refractivity contribution in [3.63, 3.8) is 0 Å². The van der Waals surface area contributed by atoms with Crippen LogP contribution < -0.4 is 15.4 Å². The van der Waals surface area contributed by atoms with Crippen LogP contribution in [-0.4, -0.2) is 65.8 Å². The first-order valence-corrected chi connectivity index (χ1v) is 10.1. The zero-order valence-electron chi connectivity index (χ0n) is 17.0. The van der Waals surface area contributed by atoms with Gasteiger partial charge in [-0.2, -0.15) is 4.98 Å². The molecule has 2 fully saturated rings. The quantitative estimate of drug-likeness (QED) is 0.796. The van der Waals surface area contributed by atoms with E-state index in [2.05, 4.69) is 14.9 Å². The molecule has 2 saturated heterocycles. The zero-order valence-corrected chi connectivity index (χ0v) is 17.0. The second kappa shape index (κ2) is 8.83. The number of nitrogens with zero attached hydrogens (tertiary/aromatic N) is 4. The molecule has 2 aromatic rings. The van der Waals surface area contributed by atoms with Gasteiger partial charge in [-0.05, 0) is 44.0 Å². The minimum absolute atomic E-state index is 0.00828. The normalized spacial score (nSPS) is 20.5. The van der Waals surface area contributed by atoms with Crippen molar-refractivity contribution in [1.29, 1.82) is 0 Å². The second-order valence-corrected chi connectivity index (χ2v) is 7.70. The van der Waals surface area contributed by atoms with E-state index in [1.54, 1.807) is 18.3 Å². The number of halogens is 1. The summed E-state index contributed by atoms with van der Waals surface area (Å²) in [6.45, 7) is 4.42. The van der Waals surface area contributed by atoms with Crippen LogP contribution in [0.25, 0.3) is 0 Å². The standard InChI is InChI=1S/C21H26FN5O3/c1-14-10-24-21(23)25-20(14)26-8-6-16(7-9-26)27-11-18(30-13-19(27)28)12-29-17-4-2-15(22)3-5-17/h2-5,10,16,18H,6-9,11-13H2,1H3,(H2,23,24,25). The van der Waals surface area contributed by atoms with Crippen molar-refractivity contribution in [1.82, 2.24) is 14.9 Å². The molecule has 9 heteroatoms. The lowest BCUT2D eigenvalue weighted by molar-refractivity contribution is -0.154. The average molecular weight is 415 g/mol. The molecular formula is C21H26FN5O3. The topological polar surface area (TPSA) is 93.8 Å². The van der Waals surface area contributed by atoms with Crippen LogP contribution in [-0.2, 0) is 9.53 Å². The van der Waals surface area contributed by atoms with Crippen LogP contribution in [0.15, 0.2) is 30.5 Å². The van der Waals surface area contributed by atoms with Crippen molar-refractivity contribution in [2.75, 3.05) is 43.5 Å². The molecule has 1 aromatic heterocycles. The van der Waals surface area contributed by atoms with E-state index in [1.807, 2.05) is 11.8 Å². The Morgan fingerprint density at radius 1 is 1.27 bits per heavy atom. The summed E-state index contributed by atoms with van der Waals surface area (Å²) in [5, 5.41) is 0. The number of rotatable bonds is 5. The molecule has 2 N–H and O–H groups in total. The van der Waals surface area contributed by atoms with Gasteiger partial charge in [0.25, 0.3) is 0 Å². The van der Waals surface area contributed by atoms with Gasteiger partial charge in [-0.1, -0.05) is 0 Å². The van der Waals surface area contributed by atoms with E-state index in [0.717, 1.165) is 37.3 Å². The van der Waals surface area contributed by atoms with Crippen LogP contribution in [0.3, 0.4) is 0 Å². The van der Waals surface area contributed by atoms with Crippen LogP contribution in [0.1, 0.15) is 18.4 Å². The van der Waals surface area contributed by atoms with Crippen LogP contribution >= 0.6 is 0 Å². The molecule has 1 atom stereocenters. The molecule has 2 aliphatic rings. The van der Waals surface area contributed by atoms with Gasteiger partial charge in [0.2, 0.25) is 11.9 Å². The van der Waals surface area contributed by atoms with Crippen LogP contribution in [0.2, 0.25) is 0 Å². The molecule has 30 heavy (non-hydrogen) atoms. The summed E-state index contributed by atoms with van der Waals surface area (Å²) in [5.74, 6) is 1.41. The lowest BCUT2D eigenvalue weighted by atomic mass is 10.0. The lowest BCUT2D eigenvalue weighted by Gasteiger charge is -2.42. The van der Waals surface area contributed by atoms with Gasteiger partial charge in [-0.25, -0.2) is 9.37 Å². The highest BCUT2D eigenvalue weighted by atomic mass is 19.1. The van der Waals surface area contributed by atoms with Gasteiger partial charge in [-0.3, -0.25) is 4.79 Å². The van der Waals surface area contributed by atoms with E-state index in [4.69, 9.17) is 15.2 Å². The van der Waals surface area contributed by atoms with E-state index in [-0.39, 0.29) is 36.4 Å². The number of piperidine rings is 1. The Morgan fingerprint density at radius 3 is 2.73 bits per heavy atom. The smallest absolute Gasteiger partial charge is 0.248 e. The summed E-state index contributed by atoms with van der Waals surface area (Å²) in [6.07, 6.45) is 3.22. The maximum atomic E-state index is 13.0. The number of anilines is 2. The van der Waals surface area contributed by atoms with E-state index >= 15 is 0 Å². The Bertz CT molecular complexity index is 887. The van der Waals surface area contributed by atoms with Crippen LogP contribution in [0, 0.1) is 12.7 Å². The van der Waals surface area contributed by atoms with Crippen LogP contribution in [0.4, 0.5) is 16.2 Å². The summed E-state index contributed by atoms with van der Waals surface area (Å²) in [5.41, 5.74) is 6.73. The third-order valence-electron chi connectivity index (χ3n) is 5.58. The maximum absolute atomic E-state index is 13.0. The Balaban J connectivity index is 1.32. The second-order valence-electron chi connectivity index (χ2n) is 7.70. The molecule has 4 rings (SSSR count). The SMILES string of the molecule is Cc1cnc(N)nc1N1CCC(N2CC(COc3ccc(F)cc3)OCC2=O)CC1. The predicted octanol–water partition coefficient (Wildman–Crippen LogP) is 1.78. The number of carbonyl (C=O) groups excluding carboxylic acids is 1. The molecule has 2 aliphatic heterocycles. The van der Waals surface area contributed by atoms with Gasteiger partial charge in [0.1, 0.15) is 36.7 Å². The number of nitrogen functional groups attached to an aromatic ring is 1. The zero-order chi connectivity index (χ0) is 21.1. The molecule has 1 amide bonds. The minimum atomic E-state index is -0.306. The summed E-state index contributed by atoms with van der Waals surface area (Å²) < 4.78 is 24.4. The minimum Gasteiger partial charge on any atom is -0.491 e. The molecular weight excluding hydrogens is 389 g/mol. The van der Waals surface area contributed by atoms with Crippen molar-refractivity contribution in [3.05, 3.63) is 41.8 Å². The monoisotopic (exact) mass is 415 g/mol. The molecule has 1 aromatic carbocycles. The Hall–Kier alpha value is -2.94. The fourth-order valence-corrected chi connectivity index (χ4v) is 3.98. The number of amides is 1. The number of carbonyl (C=O) groups is 1. The number of benzene rings is 1. The van der Waals surface area contributed by atoms with Gasteiger partial charge < -0.3 is 25.0 Å². The first-order valence-electron chi connectivity index (χ1n) is 10.1. The highest BCUT2D eigenvalue weighted by Gasteiger charge is 2.34. The van der Waals surface area contributed by atoms with E-state index in [9.17, 15) is 9.18 Å². The molecule has 160 valence electrons.